The predicted octanol–water partition coefficient (Wildman–Crippen LogP) is 3.23. The molecule has 18 heavy (non-hydrogen) atoms. The number of anilines is 1. The van der Waals surface area contributed by atoms with Crippen LogP contribution in [-0.4, -0.2) is 25.3 Å². The van der Waals surface area contributed by atoms with E-state index in [1.54, 1.807) is 14.0 Å². The lowest BCUT2D eigenvalue weighted by molar-refractivity contribution is 0.194. The van der Waals surface area contributed by atoms with E-state index in [0.717, 1.165) is 17.0 Å². The first-order valence-corrected chi connectivity index (χ1v) is 6.48. The van der Waals surface area contributed by atoms with Crippen molar-refractivity contribution in [3.05, 3.63) is 23.8 Å². The van der Waals surface area contributed by atoms with Crippen molar-refractivity contribution in [3.8, 4) is 5.75 Å². The standard InChI is InChI=1S/C15H25NO2/c1-10(2)11(3)16(5)13-8-7-9-14(18-6)15(13)12(4)17/h7-12,17H,1-6H3/t11?,12-/m0/s1. The predicted molar refractivity (Wildman–Crippen MR) is 76.3 cm³/mol. The third kappa shape index (κ3) is 2.96. The fourth-order valence-corrected chi connectivity index (χ4v) is 2.10. The number of methoxy groups -OCH3 is 1. The summed E-state index contributed by atoms with van der Waals surface area (Å²) in [6, 6.07) is 6.28. The number of hydrogen-bond acceptors (Lipinski definition) is 3. The molecule has 0 spiro atoms. The second-order valence-corrected chi connectivity index (χ2v) is 5.16. The van der Waals surface area contributed by atoms with Crippen LogP contribution in [0.1, 0.15) is 39.4 Å². The first-order valence-electron chi connectivity index (χ1n) is 6.48. The molecule has 0 aliphatic carbocycles. The first kappa shape index (κ1) is 14.8. The van der Waals surface area contributed by atoms with Crippen LogP contribution < -0.4 is 9.64 Å². The van der Waals surface area contributed by atoms with Gasteiger partial charge in [0.25, 0.3) is 0 Å². The number of nitrogens with zero attached hydrogens (tertiary/aromatic N) is 1. The van der Waals surface area contributed by atoms with Gasteiger partial charge in [-0.15, -0.1) is 0 Å². The number of aliphatic hydroxyl groups excluding tert-OH is 1. The third-order valence-electron chi connectivity index (χ3n) is 3.64. The molecule has 0 aromatic heterocycles. The molecule has 1 aromatic rings. The van der Waals surface area contributed by atoms with E-state index in [1.807, 2.05) is 18.2 Å². The molecular weight excluding hydrogens is 226 g/mol. The van der Waals surface area contributed by atoms with Gasteiger partial charge in [0.2, 0.25) is 0 Å². The fourth-order valence-electron chi connectivity index (χ4n) is 2.10. The monoisotopic (exact) mass is 251 g/mol. The molecule has 0 heterocycles. The molecule has 2 atom stereocenters. The Balaban J connectivity index is 3.23. The Labute approximate surface area is 110 Å². The number of aliphatic hydroxyl groups is 1. The summed E-state index contributed by atoms with van der Waals surface area (Å²) in [5, 5.41) is 9.98. The van der Waals surface area contributed by atoms with E-state index in [4.69, 9.17) is 4.74 Å². The molecule has 0 radical (unpaired) electrons. The number of ether oxygens (including phenoxy) is 1. The van der Waals surface area contributed by atoms with Gasteiger partial charge in [-0.1, -0.05) is 19.9 Å². The SMILES string of the molecule is COc1cccc(N(C)C(C)C(C)C)c1[C@H](C)O. The van der Waals surface area contributed by atoms with E-state index in [9.17, 15) is 5.11 Å². The fraction of sp³-hybridized carbons (Fsp3) is 0.600. The highest BCUT2D eigenvalue weighted by Gasteiger charge is 2.21. The minimum atomic E-state index is -0.544. The van der Waals surface area contributed by atoms with Gasteiger partial charge >= 0.3 is 0 Å². The van der Waals surface area contributed by atoms with E-state index in [-0.39, 0.29) is 0 Å². The van der Waals surface area contributed by atoms with Crippen LogP contribution in [0.3, 0.4) is 0 Å². The lowest BCUT2D eigenvalue weighted by atomic mass is 10.0. The summed E-state index contributed by atoms with van der Waals surface area (Å²) in [6.07, 6.45) is -0.544. The summed E-state index contributed by atoms with van der Waals surface area (Å²) in [6.45, 7) is 8.36. The highest BCUT2D eigenvalue weighted by atomic mass is 16.5. The normalized spacial score (nSPS) is 14.4. The summed E-state index contributed by atoms with van der Waals surface area (Å²) in [5.74, 6) is 1.29. The van der Waals surface area contributed by atoms with Gasteiger partial charge in [0.05, 0.1) is 13.2 Å². The van der Waals surface area contributed by atoms with Crippen molar-refractivity contribution in [2.75, 3.05) is 19.1 Å². The van der Waals surface area contributed by atoms with Crippen LogP contribution in [-0.2, 0) is 0 Å². The van der Waals surface area contributed by atoms with E-state index in [2.05, 4.69) is 32.7 Å². The quantitative estimate of drug-likeness (QED) is 0.872. The maximum atomic E-state index is 9.98. The molecular formula is C15H25NO2. The van der Waals surface area contributed by atoms with Crippen molar-refractivity contribution in [2.45, 2.75) is 39.8 Å². The number of benzene rings is 1. The molecule has 102 valence electrons. The lowest BCUT2D eigenvalue weighted by Crippen LogP contribution is -2.34. The Morgan fingerprint density at radius 2 is 1.78 bits per heavy atom. The van der Waals surface area contributed by atoms with Gasteiger partial charge in [-0.25, -0.2) is 0 Å². The molecule has 0 aliphatic heterocycles. The zero-order valence-electron chi connectivity index (χ0n) is 12.3. The Bertz CT molecular complexity index is 388. The molecule has 0 saturated heterocycles. The molecule has 0 saturated carbocycles. The summed E-state index contributed by atoms with van der Waals surface area (Å²) >= 11 is 0. The van der Waals surface area contributed by atoms with Crippen LogP contribution in [0.15, 0.2) is 18.2 Å². The van der Waals surface area contributed by atoms with Gasteiger partial charge in [-0.3, -0.25) is 0 Å². The Morgan fingerprint density at radius 1 is 1.17 bits per heavy atom. The topological polar surface area (TPSA) is 32.7 Å². The highest BCUT2D eigenvalue weighted by molar-refractivity contribution is 5.60. The van der Waals surface area contributed by atoms with Gasteiger partial charge in [-0.05, 0) is 31.9 Å². The van der Waals surface area contributed by atoms with Crippen LogP contribution in [0.5, 0.6) is 5.75 Å². The summed E-state index contributed by atoms with van der Waals surface area (Å²) in [4.78, 5) is 2.20. The smallest absolute Gasteiger partial charge is 0.126 e. The van der Waals surface area contributed by atoms with Crippen LogP contribution in [0, 0.1) is 5.92 Å². The van der Waals surface area contributed by atoms with E-state index < -0.39 is 6.10 Å². The van der Waals surface area contributed by atoms with Crippen molar-refractivity contribution >= 4 is 5.69 Å². The summed E-state index contributed by atoms with van der Waals surface area (Å²) in [7, 11) is 3.70. The molecule has 3 heteroatoms. The van der Waals surface area contributed by atoms with Crippen molar-refractivity contribution in [3.63, 3.8) is 0 Å². The largest absolute Gasteiger partial charge is 0.496 e. The zero-order chi connectivity index (χ0) is 13.9. The van der Waals surface area contributed by atoms with Crippen LogP contribution in [0.4, 0.5) is 5.69 Å². The van der Waals surface area contributed by atoms with Gasteiger partial charge in [0.15, 0.2) is 0 Å². The molecule has 1 N–H and O–H groups in total. The molecule has 3 nitrogen and oxygen atoms in total. The Kier molecular flexibility index (Phi) is 5.03. The highest BCUT2D eigenvalue weighted by Crippen LogP contribution is 2.35. The van der Waals surface area contributed by atoms with E-state index >= 15 is 0 Å². The minimum absolute atomic E-state index is 0.398. The molecule has 0 bridgehead atoms. The minimum Gasteiger partial charge on any atom is -0.496 e. The van der Waals surface area contributed by atoms with E-state index in [0.29, 0.717) is 12.0 Å². The van der Waals surface area contributed by atoms with Crippen LogP contribution in [0.25, 0.3) is 0 Å². The van der Waals surface area contributed by atoms with Crippen molar-refractivity contribution < 1.29 is 9.84 Å². The average molecular weight is 251 g/mol. The third-order valence-corrected chi connectivity index (χ3v) is 3.64. The molecule has 1 rings (SSSR count). The van der Waals surface area contributed by atoms with Crippen molar-refractivity contribution in [2.24, 2.45) is 5.92 Å². The molecule has 0 amide bonds. The zero-order valence-corrected chi connectivity index (χ0v) is 12.3. The summed E-state index contributed by atoms with van der Waals surface area (Å²) in [5.41, 5.74) is 1.89. The molecule has 1 unspecified atom stereocenters. The van der Waals surface area contributed by atoms with Gasteiger partial charge in [0.1, 0.15) is 5.75 Å². The van der Waals surface area contributed by atoms with E-state index in [1.165, 1.54) is 0 Å². The molecule has 0 fully saturated rings. The lowest BCUT2D eigenvalue weighted by Gasteiger charge is -2.32. The molecule has 1 aromatic carbocycles. The average Bonchev–Trinajstić information content (AvgIpc) is 2.35. The second-order valence-electron chi connectivity index (χ2n) is 5.16. The van der Waals surface area contributed by atoms with Gasteiger partial charge in [-0.2, -0.15) is 0 Å². The maximum Gasteiger partial charge on any atom is 0.126 e. The van der Waals surface area contributed by atoms with Gasteiger partial charge in [0, 0.05) is 24.3 Å². The van der Waals surface area contributed by atoms with Crippen molar-refractivity contribution in [1.82, 2.24) is 0 Å². The molecule has 0 aliphatic rings. The number of hydrogen-bond donors (Lipinski definition) is 1. The number of rotatable bonds is 5. The Hall–Kier alpha value is -1.22. The summed E-state index contributed by atoms with van der Waals surface area (Å²) < 4.78 is 5.35. The van der Waals surface area contributed by atoms with Gasteiger partial charge < -0.3 is 14.7 Å². The Morgan fingerprint density at radius 3 is 2.22 bits per heavy atom. The second kappa shape index (κ2) is 6.10. The first-order chi connectivity index (χ1) is 8.40. The van der Waals surface area contributed by atoms with Crippen LogP contribution >= 0.6 is 0 Å². The van der Waals surface area contributed by atoms with Crippen LogP contribution in [0.2, 0.25) is 0 Å². The maximum absolute atomic E-state index is 9.98. The van der Waals surface area contributed by atoms with Crippen molar-refractivity contribution in [1.29, 1.82) is 0 Å².